The van der Waals surface area contributed by atoms with Gasteiger partial charge in [-0.05, 0) is 25.0 Å². The monoisotopic (exact) mass is 492 g/mol. The van der Waals surface area contributed by atoms with Crippen molar-refractivity contribution in [2.24, 2.45) is 10.5 Å². The van der Waals surface area contributed by atoms with Gasteiger partial charge in [-0.25, -0.2) is 0 Å². The molecule has 154 valence electrons. The van der Waals surface area contributed by atoms with Crippen molar-refractivity contribution in [1.82, 2.24) is 0 Å². The highest BCUT2D eigenvalue weighted by molar-refractivity contribution is 9.10. The van der Waals surface area contributed by atoms with Crippen LogP contribution in [0.2, 0.25) is 10.0 Å². The Labute approximate surface area is 183 Å². The summed E-state index contributed by atoms with van der Waals surface area (Å²) in [4.78, 5) is 12.9. The number of hydrazone groups is 1. The summed E-state index contributed by atoms with van der Waals surface area (Å²) in [6, 6.07) is 3.49. The topological polar surface area (TPSA) is 69.2 Å². The van der Waals surface area contributed by atoms with Crippen molar-refractivity contribution in [1.29, 1.82) is 0 Å². The van der Waals surface area contributed by atoms with Gasteiger partial charge in [-0.2, -0.15) is 5.10 Å². The lowest BCUT2D eigenvalue weighted by atomic mass is 9.67. The quantitative estimate of drug-likeness (QED) is 0.337. The lowest BCUT2D eigenvalue weighted by Gasteiger charge is -2.43. The van der Waals surface area contributed by atoms with Crippen molar-refractivity contribution in [2.75, 3.05) is 25.7 Å². The molecular formula is C19H23BrCl2N2O4. The molecule has 1 heterocycles. The van der Waals surface area contributed by atoms with Gasteiger partial charge < -0.3 is 14.2 Å². The molecule has 3 rings (SSSR count). The van der Waals surface area contributed by atoms with E-state index in [0.29, 0.717) is 60.3 Å². The molecular weight excluding hydrogens is 471 g/mol. The number of halogens is 3. The van der Waals surface area contributed by atoms with Gasteiger partial charge in [0.2, 0.25) is 0 Å². The summed E-state index contributed by atoms with van der Waals surface area (Å²) in [7, 11) is 1.40. The molecule has 1 spiro atoms. The summed E-state index contributed by atoms with van der Waals surface area (Å²) in [6.07, 6.45) is 2.92. The second-order valence-electron chi connectivity index (χ2n) is 7.03. The van der Waals surface area contributed by atoms with Crippen LogP contribution in [0.5, 0.6) is 0 Å². The maximum Gasteiger partial charge on any atom is 0.317 e. The van der Waals surface area contributed by atoms with Gasteiger partial charge in [0, 0.05) is 17.3 Å². The number of hydrogen-bond donors (Lipinski definition) is 1. The predicted molar refractivity (Wildman–Crippen MR) is 113 cm³/mol. The second-order valence-corrected chi connectivity index (χ2v) is 8.73. The Balaban J connectivity index is 1.97. The Bertz CT molecular complexity index is 783. The normalized spacial score (nSPS) is 25.2. The fourth-order valence-corrected chi connectivity index (χ4v) is 4.98. The number of methoxy groups -OCH3 is 1. The third-order valence-corrected chi connectivity index (χ3v) is 6.50. The first-order valence-electron chi connectivity index (χ1n) is 9.20. The van der Waals surface area contributed by atoms with E-state index < -0.39 is 11.2 Å². The number of rotatable bonds is 5. The van der Waals surface area contributed by atoms with E-state index in [0.717, 1.165) is 10.9 Å². The van der Waals surface area contributed by atoms with Gasteiger partial charge in [0.05, 0.1) is 41.8 Å². The zero-order chi connectivity index (χ0) is 20.4. The molecule has 1 aromatic carbocycles. The summed E-state index contributed by atoms with van der Waals surface area (Å²) in [5.74, 6) is -1.08. The van der Waals surface area contributed by atoms with E-state index in [2.05, 4.69) is 26.5 Å². The maximum absolute atomic E-state index is 12.9. The van der Waals surface area contributed by atoms with Crippen molar-refractivity contribution in [2.45, 2.75) is 44.8 Å². The van der Waals surface area contributed by atoms with Crippen LogP contribution >= 0.6 is 39.1 Å². The lowest BCUT2D eigenvalue weighted by Crippen LogP contribution is -2.52. The first-order valence-corrected chi connectivity index (χ1v) is 10.7. The fourth-order valence-electron chi connectivity index (χ4n) is 4.02. The Hall–Kier alpha value is -0.860. The van der Waals surface area contributed by atoms with Crippen LogP contribution < -0.4 is 5.43 Å². The number of benzene rings is 1. The van der Waals surface area contributed by atoms with E-state index in [9.17, 15) is 4.79 Å². The number of anilines is 1. The van der Waals surface area contributed by atoms with Crippen LogP contribution in [0.15, 0.2) is 21.7 Å². The van der Waals surface area contributed by atoms with Gasteiger partial charge in [0.25, 0.3) is 0 Å². The standard InChI is InChI=1S/C19H23BrCl2N2O4/c1-3-5-18(17(25)26-2)11-19(27-7-8-28-19)6-4-15(18)24-23-14-10-12(20)9-13(21)16(14)22/h9-10,23H,3-8,11H2,1-2H3. The Kier molecular flexibility index (Phi) is 6.92. The van der Waals surface area contributed by atoms with E-state index in [1.807, 2.05) is 6.92 Å². The van der Waals surface area contributed by atoms with Crippen LogP contribution in [-0.4, -0.2) is 37.8 Å². The van der Waals surface area contributed by atoms with E-state index >= 15 is 0 Å². The third-order valence-electron chi connectivity index (χ3n) is 5.24. The molecule has 1 aliphatic carbocycles. The molecule has 2 aliphatic rings. The Morgan fingerprint density at radius 3 is 2.71 bits per heavy atom. The number of nitrogens with one attached hydrogen (secondary N) is 1. The van der Waals surface area contributed by atoms with Crippen LogP contribution in [0, 0.1) is 5.41 Å². The molecule has 6 nitrogen and oxygen atoms in total. The maximum atomic E-state index is 12.9. The molecule has 0 radical (unpaired) electrons. The van der Waals surface area contributed by atoms with Crippen LogP contribution in [0.3, 0.4) is 0 Å². The minimum Gasteiger partial charge on any atom is -0.468 e. The van der Waals surface area contributed by atoms with E-state index in [1.54, 1.807) is 12.1 Å². The first kappa shape index (κ1) is 21.8. The van der Waals surface area contributed by atoms with Gasteiger partial charge in [0.1, 0.15) is 5.41 Å². The van der Waals surface area contributed by atoms with Crippen LogP contribution in [0.4, 0.5) is 5.69 Å². The molecule has 1 N–H and O–H groups in total. The number of carbonyl (C=O) groups excluding carboxylic acids is 1. The second kappa shape index (κ2) is 8.88. The molecule has 9 heteroatoms. The smallest absolute Gasteiger partial charge is 0.317 e. The van der Waals surface area contributed by atoms with E-state index in [-0.39, 0.29) is 5.97 Å². The predicted octanol–water partition coefficient (Wildman–Crippen LogP) is 5.41. The van der Waals surface area contributed by atoms with Crippen LogP contribution in [0.1, 0.15) is 39.0 Å². The summed E-state index contributed by atoms with van der Waals surface area (Å²) in [6.45, 7) is 3.08. The lowest BCUT2D eigenvalue weighted by molar-refractivity contribution is -0.194. The minimum absolute atomic E-state index is 0.327. The molecule has 1 atom stereocenters. The fraction of sp³-hybridized carbons (Fsp3) is 0.579. The van der Waals surface area contributed by atoms with Gasteiger partial charge >= 0.3 is 5.97 Å². The van der Waals surface area contributed by atoms with Crippen LogP contribution in [0.25, 0.3) is 0 Å². The van der Waals surface area contributed by atoms with E-state index in [4.69, 9.17) is 37.4 Å². The summed E-state index contributed by atoms with van der Waals surface area (Å²) < 4.78 is 17.7. The molecule has 1 saturated carbocycles. The number of ether oxygens (including phenoxy) is 3. The molecule has 1 aromatic rings. The van der Waals surface area contributed by atoms with Crippen molar-refractivity contribution < 1.29 is 19.0 Å². The van der Waals surface area contributed by atoms with Gasteiger partial charge in [-0.15, -0.1) is 0 Å². The van der Waals surface area contributed by atoms with E-state index in [1.165, 1.54) is 7.11 Å². The van der Waals surface area contributed by atoms with Crippen LogP contribution in [-0.2, 0) is 19.0 Å². The average Bonchev–Trinajstić information content (AvgIpc) is 3.11. The number of nitrogens with zero attached hydrogens (tertiary/aromatic N) is 1. The first-order chi connectivity index (χ1) is 13.4. The number of hydrogen-bond acceptors (Lipinski definition) is 6. The molecule has 0 amide bonds. The van der Waals surface area contributed by atoms with Gasteiger partial charge in [0.15, 0.2) is 5.79 Å². The highest BCUT2D eigenvalue weighted by Crippen LogP contribution is 2.47. The zero-order valence-corrected chi connectivity index (χ0v) is 18.9. The number of esters is 1. The highest BCUT2D eigenvalue weighted by Gasteiger charge is 2.56. The Morgan fingerprint density at radius 1 is 1.36 bits per heavy atom. The summed E-state index contributed by atoms with van der Waals surface area (Å²) in [5, 5.41) is 5.35. The molecule has 1 saturated heterocycles. The third kappa shape index (κ3) is 4.19. The van der Waals surface area contributed by atoms with Gasteiger partial charge in [-0.3, -0.25) is 10.2 Å². The molecule has 28 heavy (non-hydrogen) atoms. The molecule has 1 aliphatic heterocycles. The molecule has 0 bridgehead atoms. The van der Waals surface area contributed by atoms with Crippen molar-refractivity contribution in [3.63, 3.8) is 0 Å². The minimum atomic E-state index is -0.915. The van der Waals surface area contributed by atoms with Gasteiger partial charge in [-0.1, -0.05) is 52.5 Å². The number of carbonyl (C=O) groups is 1. The molecule has 2 fully saturated rings. The Morgan fingerprint density at radius 2 is 2.07 bits per heavy atom. The van der Waals surface area contributed by atoms with Crippen molar-refractivity contribution >= 4 is 56.5 Å². The average molecular weight is 494 g/mol. The summed E-state index contributed by atoms with van der Waals surface area (Å²) in [5.41, 5.74) is 3.33. The van der Waals surface area contributed by atoms with Crippen molar-refractivity contribution in [3.05, 3.63) is 26.7 Å². The SMILES string of the molecule is CCCC1(C(=O)OC)CC2(CCC1=NNc1cc(Br)cc(Cl)c1Cl)OCCO2. The largest absolute Gasteiger partial charge is 0.468 e. The molecule has 1 unspecified atom stereocenters. The summed E-state index contributed by atoms with van der Waals surface area (Å²) >= 11 is 15.8. The molecule has 0 aromatic heterocycles. The van der Waals surface area contributed by atoms with Crippen molar-refractivity contribution in [3.8, 4) is 0 Å². The zero-order valence-electron chi connectivity index (χ0n) is 15.8. The highest BCUT2D eigenvalue weighted by atomic mass is 79.9.